The van der Waals surface area contributed by atoms with Crippen molar-refractivity contribution in [2.75, 3.05) is 19.8 Å². The minimum absolute atomic E-state index is 0.114. The van der Waals surface area contributed by atoms with Crippen LogP contribution in [0.5, 0.6) is 5.88 Å². The standard InChI is InChI=1S/C14H16F2N2O3/c15-14(16)21-12-4-3-9(6-17-12)13(19)18-5-1-2-10-7-20-8-11(10)18/h3-4,6,10-11,14H,1-2,5,7-8H2/t10-,11+/m1/s1. The number of hydrogen-bond acceptors (Lipinski definition) is 4. The number of pyridine rings is 1. The molecule has 0 saturated carbocycles. The van der Waals surface area contributed by atoms with Gasteiger partial charge in [-0.15, -0.1) is 0 Å². The van der Waals surface area contributed by atoms with Crippen molar-refractivity contribution in [3.63, 3.8) is 0 Å². The summed E-state index contributed by atoms with van der Waals surface area (Å²) in [5, 5.41) is 0. The van der Waals surface area contributed by atoms with Gasteiger partial charge in [0.1, 0.15) is 0 Å². The Hall–Kier alpha value is -1.76. The van der Waals surface area contributed by atoms with Gasteiger partial charge in [-0.05, 0) is 18.9 Å². The van der Waals surface area contributed by atoms with E-state index >= 15 is 0 Å². The first kappa shape index (κ1) is 14.2. The minimum atomic E-state index is -2.92. The van der Waals surface area contributed by atoms with Gasteiger partial charge in [-0.3, -0.25) is 4.79 Å². The molecule has 3 rings (SSSR count). The van der Waals surface area contributed by atoms with Gasteiger partial charge < -0.3 is 14.4 Å². The molecule has 3 heterocycles. The number of likely N-dealkylation sites (tertiary alicyclic amines) is 1. The molecule has 2 aliphatic heterocycles. The fourth-order valence-electron chi connectivity index (χ4n) is 2.98. The second-order valence-corrected chi connectivity index (χ2v) is 5.27. The summed E-state index contributed by atoms with van der Waals surface area (Å²) >= 11 is 0. The maximum Gasteiger partial charge on any atom is 0.388 e. The Bertz CT molecular complexity index is 509. The number of halogens is 2. The van der Waals surface area contributed by atoms with Crippen LogP contribution in [0, 0.1) is 5.92 Å². The number of alkyl halides is 2. The topological polar surface area (TPSA) is 51.7 Å². The van der Waals surface area contributed by atoms with Crippen molar-refractivity contribution in [3.05, 3.63) is 23.9 Å². The van der Waals surface area contributed by atoms with E-state index in [-0.39, 0.29) is 17.8 Å². The maximum atomic E-state index is 12.5. The van der Waals surface area contributed by atoms with E-state index in [1.54, 1.807) is 0 Å². The fraction of sp³-hybridized carbons (Fsp3) is 0.571. The number of nitrogens with zero attached hydrogens (tertiary/aromatic N) is 2. The van der Waals surface area contributed by atoms with E-state index < -0.39 is 6.61 Å². The molecule has 0 radical (unpaired) electrons. The molecule has 2 saturated heterocycles. The molecule has 0 aliphatic carbocycles. The second-order valence-electron chi connectivity index (χ2n) is 5.27. The molecule has 2 fully saturated rings. The number of carbonyl (C=O) groups excluding carboxylic acids is 1. The minimum Gasteiger partial charge on any atom is -0.417 e. The van der Waals surface area contributed by atoms with Gasteiger partial charge in [-0.1, -0.05) is 0 Å². The van der Waals surface area contributed by atoms with Crippen molar-refractivity contribution in [3.8, 4) is 5.88 Å². The molecule has 21 heavy (non-hydrogen) atoms. The molecule has 0 bridgehead atoms. The number of amides is 1. The first-order chi connectivity index (χ1) is 10.1. The summed E-state index contributed by atoms with van der Waals surface area (Å²) < 4.78 is 33.8. The van der Waals surface area contributed by atoms with Gasteiger partial charge >= 0.3 is 6.61 Å². The number of aromatic nitrogens is 1. The molecular weight excluding hydrogens is 282 g/mol. The predicted molar refractivity (Wildman–Crippen MR) is 69.2 cm³/mol. The van der Waals surface area contributed by atoms with Gasteiger partial charge in [-0.25, -0.2) is 4.98 Å². The van der Waals surface area contributed by atoms with E-state index in [4.69, 9.17) is 4.74 Å². The Morgan fingerprint density at radius 2 is 2.29 bits per heavy atom. The molecule has 1 aromatic rings. The van der Waals surface area contributed by atoms with E-state index in [0.717, 1.165) is 12.8 Å². The number of piperidine rings is 1. The molecular formula is C14H16F2N2O3. The lowest BCUT2D eigenvalue weighted by molar-refractivity contribution is -0.0528. The van der Waals surface area contributed by atoms with Gasteiger partial charge in [0.2, 0.25) is 5.88 Å². The highest BCUT2D eigenvalue weighted by molar-refractivity contribution is 5.94. The van der Waals surface area contributed by atoms with Crippen LogP contribution in [-0.4, -0.2) is 48.2 Å². The van der Waals surface area contributed by atoms with Gasteiger partial charge in [-0.2, -0.15) is 8.78 Å². The molecule has 1 aromatic heterocycles. The van der Waals surface area contributed by atoms with Crippen LogP contribution in [0.1, 0.15) is 23.2 Å². The second kappa shape index (κ2) is 5.93. The quantitative estimate of drug-likeness (QED) is 0.855. The summed E-state index contributed by atoms with van der Waals surface area (Å²) in [6.07, 6.45) is 3.31. The zero-order valence-electron chi connectivity index (χ0n) is 11.4. The summed E-state index contributed by atoms with van der Waals surface area (Å²) in [6.45, 7) is -0.958. The summed E-state index contributed by atoms with van der Waals surface area (Å²) in [6, 6.07) is 2.86. The number of ether oxygens (including phenoxy) is 2. The lowest BCUT2D eigenvalue weighted by Crippen LogP contribution is -2.48. The van der Waals surface area contributed by atoms with Crippen LogP contribution < -0.4 is 4.74 Å². The van der Waals surface area contributed by atoms with Gasteiger partial charge in [0.25, 0.3) is 5.91 Å². The van der Waals surface area contributed by atoms with Crippen LogP contribution in [0.3, 0.4) is 0 Å². The van der Waals surface area contributed by atoms with E-state index in [0.29, 0.717) is 31.2 Å². The van der Waals surface area contributed by atoms with Crippen LogP contribution in [0.15, 0.2) is 18.3 Å². The largest absolute Gasteiger partial charge is 0.417 e. The summed E-state index contributed by atoms with van der Waals surface area (Å²) in [7, 11) is 0. The van der Waals surface area contributed by atoms with Crippen LogP contribution in [-0.2, 0) is 4.74 Å². The smallest absolute Gasteiger partial charge is 0.388 e. The Labute approximate surface area is 120 Å². The summed E-state index contributed by atoms with van der Waals surface area (Å²) in [4.78, 5) is 18.1. The third kappa shape index (κ3) is 2.97. The van der Waals surface area contributed by atoms with E-state index in [2.05, 4.69) is 9.72 Å². The first-order valence-corrected chi connectivity index (χ1v) is 6.95. The molecule has 114 valence electrons. The maximum absolute atomic E-state index is 12.5. The number of rotatable bonds is 3. The Kier molecular flexibility index (Phi) is 4.01. The number of hydrogen-bond donors (Lipinski definition) is 0. The van der Waals surface area contributed by atoms with Crippen LogP contribution in [0.4, 0.5) is 8.78 Å². The van der Waals surface area contributed by atoms with Crippen molar-refractivity contribution >= 4 is 5.91 Å². The average molecular weight is 298 g/mol. The first-order valence-electron chi connectivity index (χ1n) is 6.95. The van der Waals surface area contributed by atoms with Crippen LogP contribution >= 0.6 is 0 Å². The van der Waals surface area contributed by atoms with Crippen LogP contribution in [0.25, 0.3) is 0 Å². The summed E-state index contributed by atoms with van der Waals surface area (Å²) in [5.74, 6) is 0.0747. The molecule has 0 unspecified atom stereocenters. The highest BCUT2D eigenvalue weighted by Crippen LogP contribution is 2.30. The lowest BCUT2D eigenvalue weighted by atomic mass is 9.91. The Balaban J connectivity index is 1.72. The monoisotopic (exact) mass is 298 g/mol. The molecule has 7 heteroatoms. The molecule has 0 N–H and O–H groups in total. The molecule has 0 spiro atoms. The molecule has 2 atom stereocenters. The van der Waals surface area contributed by atoms with E-state index in [1.165, 1.54) is 18.3 Å². The Morgan fingerprint density at radius 3 is 3.00 bits per heavy atom. The Morgan fingerprint density at radius 1 is 1.43 bits per heavy atom. The molecule has 1 amide bonds. The average Bonchev–Trinajstić information content (AvgIpc) is 2.95. The SMILES string of the molecule is O=C(c1ccc(OC(F)F)nc1)N1CCC[C@@H]2COC[C@@H]21. The lowest BCUT2D eigenvalue weighted by Gasteiger charge is -2.36. The molecule has 0 aromatic carbocycles. The zero-order chi connectivity index (χ0) is 14.8. The highest BCUT2D eigenvalue weighted by atomic mass is 19.3. The van der Waals surface area contributed by atoms with E-state index in [9.17, 15) is 13.6 Å². The van der Waals surface area contributed by atoms with Crippen molar-refractivity contribution in [1.29, 1.82) is 0 Å². The van der Waals surface area contributed by atoms with Crippen LogP contribution in [0.2, 0.25) is 0 Å². The third-order valence-electron chi connectivity index (χ3n) is 3.99. The normalized spacial score (nSPS) is 25.0. The van der Waals surface area contributed by atoms with Crippen molar-refractivity contribution in [2.45, 2.75) is 25.5 Å². The van der Waals surface area contributed by atoms with Crippen molar-refractivity contribution in [1.82, 2.24) is 9.88 Å². The fourth-order valence-corrected chi connectivity index (χ4v) is 2.98. The molecule has 5 nitrogen and oxygen atoms in total. The van der Waals surface area contributed by atoms with Gasteiger partial charge in [0.15, 0.2) is 0 Å². The predicted octanol–water partition coefficient (Wildman–Crippen LogP) is 1.93. The zero-order valence-corrected chi connectivity index (χ0v) is 11.4. The van der Waals surface area contributed by atoms with E-state index in [1.807, 2.05) is 4.90 Å². The molecule has 2 aliphatic rings. The van der Waals surface area contributed by atoms with Gasteiger partial charge in [0.05, 0.1) is 24.8 Å². The summed E-state index contributed by atoms with van der Waals surface area (Å²) in [5.41, 5.74) is 0.379. The van der Waals surface area contributed by atoms with Gasteiger partial charge in [0, 0.05) is 24.7 Å². The number of fused-ring (bicyclic) bond motifs is 1. The highest BCUT2D eigenvalue weighted by Gasteiger charge is 2.38. The number of carbonyl (C=O) groups is 1. The van der Waals surface area contributed by atoms with Crippen molar-refractivity contribution in [2.24, 2.45) is 5.92 Å². The van der Waals surface area contributed by atoms with Crippen molar-refractivity contribution < 1.29 is 23.0 Å². The third-order valence-corrected chi connectivity index (χ3v) is 3.99.